The van der Waals surface area contributed by atoms with Gasteiger partial charge in [-0.05, 0) is 31.5 Å². The lowest BCUT2D eigenvalue weighted by molar-refractivity contribution is 0.187. The van der Waals surface area contributed by atoms with Gasteiger partial charge in [0, 0.05) is 12.1 Å². The molecule has 0 heterocycles. The normalized spacial score (nSPS) is 11.6. The Morgan fingerprint density at radius 3 is 2.62 bits per heavy atom. The van der Waals surface area contributed by atoms with Crippen molar-refractivity contribution in [2.45, 2.75) is 25.9 Å². The fourth-order valence-corrected chi connectivity index (χ4v) is 1.50. The molecular weight excluding hydrogens is 226 g/mol. The maximum Gasteiger partial charge on any atom is 0.137 e. The Labute approximate surface area is 101 Å². The summed E-state index contributed by atoms with van der Waals surface area (Å²) < 4.78 is 5.07. The first-order chi connectivity index (χ1) is 7.48. The Balaban J connectivity index is 2.65. The predicted octanol–water partition coefficient (Wildman–Crippen LogP) is 2.21. The van der Waals surface area contributed by atoms with E-state index in [1.807, 2.05) is 32.0 Å². The Morgan fingerprint density at radius 1 is 1.44 bits per heavy atom. The molecule has 0 fully saturated rings. The second-order valence-corrected chi connectivity index (χ2v) is 4.77. The molecule has 0 aliphatic heterocycles. The molecule has 2 N–H and O–H groups in total. The van der Waals surface area contributed by atoms with E-state index in [2.05, 4.69) is 5.32 Å². The minimum atomic E-state index is -0.285. The van der Waals surface area contributed by atoms with Crippen LogP contribution < -0.4 is 10.1 Å². The predicted molar refractivity (Wildman–Crippen MR) is 66.0 cm³/mol. The van der Waals surface area contributed by atoms with Gasteiger partial charge in [0.05, 0.1) is 18.7 Å². The van der Waals surface area contributed by atoms with Gasteiger partial charge in [0.1, 0.15) is 5.75 Å². The molecule has 16 heavy (non-hydrogen) atoms. The molecule has 0 aliphatic rings. The maximum atomic E-state index is 9.10. The summed E-state index contributed by atoms with van der Waals surface area (Å²) in [6.07, 6.45) is 0. The van der Waals surface area contributed by atoms with Crippen LogP contribution in [0.4, 0.5) is 0 Å². The number of aliphatic hydroxyl groups excluding tert-OH is 1. The van der Waals surface area contributed by atoms with E-state index in [0.29, 0.717) is 17.3 Å². The maximum absolute atomic E-state index is 9.10. The van der Waals surface area contributed by atoms with Crippen LogP contribution in [0.3, 0.4) is 0 Å². The smallest absolute Gasteiger partial charge is 0.137 e. The van der Waals surface area contributed by atoms with Gasteiger partial charge in [0.2, 0.25) is 0 Å². The zero-order chi connectivity index (χ0) is 12.2. The summed E-state index contributed by atoms with van der Waals surface area (Å²) in [5.41, 5.74) is 0.777. The third-order valence-corrected chi connectivity index (χ3v) is 2.68. The molecule has 1 aromatic carbocycles. The Kier molecular flexibility index (Phi) is 4.59. The summed E-state index contributed by atoms with van der Waals surface area (Å²) >= 11 is 6.01. The number of halogens is 1. The molecular formula is C12H18ClNO2. The lowest BCUT2D eigenvalue weighted by Gasteiger charge is -2.23. The van der Waals surface area contributed by atoms with E-state index in [-0.39, 0.29) is 12.1 Å². The van der Waals surface area contributed by atoms with Crippen molar-refractivity contribution in [1.29, 1.82) is 0 Å². The van der Waals surface area contributed by atoms with Gasteiger partial charge in [-0.3, -0.25) is 0 Å². The van der Waals surface area contributed by atoms with E-state index in [1.54, 1.807) is 7.11 Å². The molecule has 0 bridgehead atoms. The summed E-state index contributed by atoms with van der Waals surface area (Å²) in [5, 5.41) is 12.9. The van der Waals surface area contributed by atoms with Crippen LogP contribution in [-0.2, 0) is 6.54 Å². The van der Waals surface area contributed by atoms with Crippen molar-refractivity contribution in [3.05, 3.63) is 28.8 Å². The van der Waals surface area contributed by atoms with Crippen LogP contribution in [0.2, 0.25) is 5.02 Å². The molecule has 0 saturated carbocycles. The first kappa shape index (κ1) is 13.3. The molecule has 90 valence electrons. The van der Waals surface area contributed by atoms with Crippen molar-refractivity contribution < 1.29 is 9.84 Å². The molecule has 0 saturated heterocycles. The summed E-state index contributed by atoms with van der Waals surface area (Å²) in [6, 6.07) is 5.65. The summed E-state index contributed by atoms with van der Waals surface area (Å²) in [6.45, 7) is 4.64. The highest BCUT2D eigenvalue weighted by molar-refractivity contribution is 6.32. The van der Waals surface area contributed by atoms with Crippen molar-refractivity contribution >= 4 is 11.6 Å². The summed E-state index contributed by atoms with van der Waals surface area (Å²) in [7, 11) is 1.59. The summed E-state index contributed by atoms with van der Waals surface area (Å²) in [5.74, 6) is 0.673. The number of hydrogen-bond donors (Lipinski definition) is 2. The average molecular weight is 244 g/mol. The van der Waals surface area contributed by atoms with Crippen LogP contribution in [-0.4, -0.2) is 24.4 Å². The van der Waals surface area contributed by atoms with Crippen molar-refractivity contribution in [1.82, 2.24) is 5.32 Å². The molecule has 1 rings (SSSR count). The number of aliphatic hydroxyl groups is 1. The minimum Gasteiger partial charge on any atom is -0.495 e. The summed E-state index contributed by atoms with van der Waals surface area (Å²) in [4.78, 5) is 0. The molecule has 0 aromatic heterocycles. The second kappa shape index (κ2) is 5.53. The topological polar surface area (TPSA) is 41.5 Å². The van der Waals surface area contributed by atoms with Gasteiger partial charge in [0.15, 0.2) is 0 Å². The molecule has 3 nitrogen and oxygen atoms in total. The van der Waals surface area contributed by atoms with Crippen LogP contribution in [0.5, 0.6) is 5.75 Å². The molecule has 0 aliphatic carbocycles. The first-order valence-electron chi connectivity index (χ1n) is 5.17. The van der Waals surface area contributed by atoms with Gasteiger partial charge in [-0.2, -0.15) is 0 Å². The largest absolute Gasteiger partial charge is 0.495 e. The van der Waals surface area contributed by atoms with Crippen LogP contribution in [0.25, 0.3) is 0 Å². The van der Waals surface area contributed by atoms with Crippen LogP contribution >= 0.6 is 11.6 Å². The highest BCUT2D eigenvalue weighted by Crippen LogP contribution is 2.24. The molecule has 0 atom stereocenters. The fourth-order valence-electron chi connectivity index (χ4n) is 1.22. The number of benzene rings is 1. The Morgan fingerprint density at radius 2 is 2.12 bits per heavy atom. The number of rotatable bonds is 5. The zero-order valence-electron chi connectivity index (χ0n) is 9.88. The van der Waals surface area contributed by atoms with Crippen molar-refractivity contribution in [3.8, 4) is 5.75 Å². The molecule has 4 heteroatoms. The number of ether oxygens (including phenoxy) is 1. The van der Waals surface area contributed by atoms with E-state index in [1.165, 1.54) is 0 Å². The van der Waals surface area contributed by atoms with Crippen molar-refractivity contribution in [3.63, 3.8) is 0 Å². The van der Waals surface area contributed by atoms with E-state index in [0.717, 1.165) is 5.56 Å². The Hall–Kier alpha value is -0.770. The highest BCUT2D eigenvalue weighted by atomic mass is 35.5. The van der Waals surface area contributed by atoms with Gasteiger partial charge >= 0.3 is 0 Å². The number of hydrogen-bond acceptors (Lipinski definition) is 3. The zero-order valence-corrected chi connectivity index (χ0v) is 10.6. The van der Waals surface area contributed by atoms with E-state index in [4.69, 9.17) is 21.4 Å². The fraction of sp³-hybridized carbons (Fsp3) is 0.500. The molecule has 0 amide bonds. The lowest BCUT2D eigenvalue weighted by Crippen LogP contribution is -2.42. The van der Waals surface area contributed by atoms with Crippen LogP contribution in [0.1, 0.15) is 19.4 Å². The Bertz CT molecular complexity index is 353. The lowest BCUT2D eigenvalue weighted by atomic mass is 10.1. The van der Waals surface area contributed by atoms with E-state index >= 15 is 0 Å². The minimum absolute atomic E-state index is 0.0941. The number of methoxy groups -OCH3 is 1. The molecule has 0 unspecified atom stereocenters. The van der Waals surface area contributed by atoms with Crippen molar-refractivity contribution in [2.24, 2.45) is 0 Å². The van der Waals surface area contributed by atoms with Gasteiger partial charge in [-0.25, -0.2) is 0 Å². The third-order valence-electron chi connectivity index (χ3n) is 2.38. The van der Waals surface area contributed by atoms with Gasteiger partial charge in [-0.1, -0.05) is 17.7 Å². The molecule has 0 spiro atoms. The van der Waals surface area contributed by atoms with E-state index < -0.39 is 0 Å². The van der Waals surface area contributed by atoms with Crippen molar-refractivity contribution in [2.75, 3.05) is 13.7 Å². The molecule has 0 radical (unpaired) electrons. The molecule has 1 aromatic rings. The standard InChI is InChI=1S/C12H18ClNO2/c1-12(2,8-15)14-7-9-4-5-11(16-3)10(13)6-9/h4-6,14-15H,7-8H2,1-3H3. The van der Waals surface area contributed by atoms with Gasteiger partial charge in [-0.15, -0.1) is 0 Å². The quantitative estimate of drug-likeness (QED) is 0.833. The van der Waals surface area contributed by atoms with E-state index in [9.17, 15) is 0 Å². The SMILES string of the molecule is COc1ccc(CNC(C)(C)CO)cc1Cl. The number of nitrogens with one attached hydrogen (secondary N) is 1. The monoisotopic (exact) mass is 243 g/mol. The third kappa shape index (κ3) is 3.67. The van der Waals surface area contributed by atoms with Crippen LogP contribution in [0.15, 0.2) is 18.2 Å². The van der Waals surface area contributed by atoms with Gasteiger partial charge in [0.25, 0.3) is 0 Å². The van der Waals surface area contributed by atoms with Gasteiger partial charge < -0.3 is 15.2 Å². The highest BCUT2D eigenvalue weighted by Gasteiger charge is 2.14. The average Bonchev–Trinajstić information content (AvgIpc) is 2.27. The second-order valence-electron chi connectivity index (χ2n) is 4.36. The first-order valence-corrected chi connectivity index (χ1v) is 5.54. The van der Waals surface area contributed by atoms with Crippen LogP contribution in [0, 0.1) is 0 Å².